The number of nitrogens with zero attached hydrogens (tertiary/aromatic N) is 1. The zero-order chi connectivity index (χ0) is 15.2. The summed E-state index contributed by atoms with van der Waals surface area (Å²) in [5.41, 5.74) is 2.48. The number of non-ortho nitro benzene ring substituents is 1. The molecule has 0 aliphatic carbocycles. The standard InChI is InChI=1S/C17H20N2O2/c1-13(12-15-6-4-3-5-7-15)18-14(2)16-8-10-17(11-9-16)19(20)21/h3-11,13-14,18H,12H2,1-2H3. The molecule has 2 atom stereocenters. The minimum atomic E-state index is -0.375. The molecule has 21 heavy (non-hydrogen) atoms. The first-order valence-corrected chi connectivity index (χ1v) is 7.10. The molecule has 0 spiro atoms. The van der Waals surface area contributed by atoms with Gasteiger partial charge in [-0.25, -0.2) is 0 Å². The van der Waals surface area contributed by atoms with Crippen LogP contribution in [0.1, 0.15) is 31.0 Å². The third-order valence-electron chi connectivity index (χ3n) is 3.52. The Bertz CT molecular complexity index is 581. The number of rotatable bonds is 6. The van der Waals surface area contributed by atoms with Crippen LogP contribution in [0.3, 0.4) is 0 Å². The molecule has 0 radical (unpaired) electrons. The van der Waals surface area contributed by atoms with Gasteiger partial charge >= 0.3 is 0 Å². The molecule has 0 aliphatic heterocycles. The van der Waals surface area contributed by atoms with Crippen LogP contribution in [0.5, 0.6) is 0 Å². The van der Waals surface area contributed by atoms with E-state index in [2.05, 4.69) is 31.3 Å². The summed E-state index contributed by atoms with van der Waals surface area (Å²) in [5.74, 6) is 0. The molecule has 2 aromatic rings. The summed E-state index contributed by atoms with van der Waals surface area (Å²) < 4.78 is 0. The fourth-order valence-electron chi connectivity index (χ4n) is 2.43. The van der Waals surface area contributed by atoms with E-state index >= 15 is 0 Å². The van der Waals surface area contributed by atoms with Gasteiger partial charge in [0.2, 0.25) is 0 Å². The fourth-order valence-corrected chi connectivity index (χ4v) is 2.43. The summed E-state index contributed by atoms with van der Waals surface area (Å²) in [6.07, 6.45) is 0.957. The molecule has 0 aliphatic rings. The second-order valence-corrected chi connectivity index (χ2v) is 5.33. The van der Waals surface area contributed by atoms with Gasteiger partial charge in [-0.2, -0.15) is 0 Å². The molecule has 4 heteroatoms. The van der Waals surface area contributed by atoms with E-state index in [1.54, 1.807) is 12.1 Å². The molecule has 0 heterocycles. The zero-order valence-corrected chi connectivity index (χ0v) is 12.3. The van der Waals surface area contributed by atoms with Crippen molar-refractivity contribution in [1.29, 1.82) is 0 Å². The molecule has 1 N–H and O–H groups in total. The first-order valence-electron chi connectivity index (χ1n) is 7.10. The van der Waals surface area contributed by atoms with E-state index < -0.39 is 0 Å². The lowest BCUT2D eigenvalue weighted by Gasteiger charge is -2.20. The van der Waals surface area contributed by atoms with Crippen LogP contribution in [-0.4, -0.2) is 11.0 Å². The van der Waals surface area contributed by atoms with E-state index in [9.17, 15) is 10.1 Å². The van der Waals surface area contributed by atoms with E-state index in [1.807, 2.05) is 30.3 Å². The topological polar surface area (TPSA) is 55.2 Å². The van der Waals surface area contributed by atoms with Gasteiger partial charge in [-0.05, 0) is 31.4 Å². The number of nitro groups is 1. The highest BCUT2D eigenvalue weighted by Gasteiger charge is 2.11. The average Bonchev–Trinajstić information content (AvgIpc) is 2.48. The molecule has 0 saturated heterocycles. The van der Waals surface area contributed by atoms with Crippen LogP contribution in [0.2, 0.25) is 0 Å². The molecule has 2 rings (SSSR count). The molecule has 2 unspecified atom stereocenters. The predicted octanol–water partition coefficient (Wildman–Crippen LogP) is 3.88. The highest BCUT2D eigenvalue weighted by Crippen LogP contribution is 2.18. The van der Waals surface area contributed by atoms with Crippen molar-refractivity contribution >= 4 is 5.69 Å². The molecule has 4 nitrogen and oxygen atoms in total. The summed E-state index contributed by atoms with van der Waals surface area (Å²) in [4.78, 5) is 10.3. The van der Waals surface area contributed by atoms with Crippen molar-refractivity contribution in [3.05, 3.63) is 75.8 Å². The number of hydrogen-bond acceptors (Lipinski definition) is 3. The van der Waals surface area contributed by atoms with E-state index in [-0.39, 0.29) is 16.7 Å². The van der Waals surface area contributed by atoms with Gasteiger partial charge < -0.3 is 5.32 Å². The average molecular weight is 284 g/mol. The zero-order valence-electron chi connectivity index (χ0n) is 12.3. The van der Waals surface area contributed by atoms with Crippen LogP contribution < -0.4 is 5.32 Å². The Morgan fingerprint density at radius 2 is 1.67 bits per heavy atom. The third kappa shape index (κ3) is 4.39. The van der Waals surface area contributed by atoms with E-state index in [1.165, 1.54) is 5.56 Å². The lowest BCUT2D eigenvalue weighted by molar-refractivity contribution is -0.384. The van der Waals surface area contributed by atoms with Gasteiger partial charge in [0.1, 0.15) is 0 Å². The van der Waals surface area contributed by atoms with Crippen molar-refractivity contribution in [2.45, 2.75) is 32.4 Å². The Morgan fingerprint density at radius 1 is 1.05 bits per heavy atom. The van der Waals surface area contributed by atoms with Crippen LogP contribution in [-0.2, 0) is 6.42 Å². The van der Waals surface area contributed by atoms with Crippen molar-refractivity contribution in [2.24, 2.45) is 0 Å². The second kappa shape index (κ2) is 6.99. The molecular formula is C17H20N2O2. The lowest BCUT2D eigenvalue weighted by atomic mass is 10.0. The molecule has 0 saturated carbocycles. The SMILES string of the molecule is CC(Cc1ccccc1)NC(C)c1ccc([N+](=O)[O-])cc1. The van der Waals surface area contributed by atoms with Crippen LogP contribution in [0.25, 0.3) is 0 Å². The van der Waals surface area contributed by atoms with Crippen molar-refractivity contribution in [3.8, 4) is 0 Å². The Labute approximate surface area is 125 Å². The highest BCUT2D eigenvalue weighted by molar-refractivity contribution is 5.34. The maximum Gasteiger partial charge on any atom is 0.269 e. The van der Waals surface area contributed by atoms with Gasteiger partial charge in [0.05, 0.1) is 4.92 Å². The Kier molecular flexibility index (Phi) is 5.06. The monoisotopic (exact) mass is 284 g/mol. The van der Waals surface area contributed by atoms with Gasteiger partial charge in [-0.15, -0.1) is 0 Å². The van der Waals surface area contributed by atoms with E-state index in [0.29, 0.717) is 6.04 Å². The minimum absolute atomic E-state index is 0.128. The third-order valence-corrected chi connectivity index (χ3v) is 3.52. The normalized spacial score (nSPS) is 13.6. The van der Waals surface area contributed by atoms with Crippen LogP contribution in [0.4, 0.5) is 5.69 Å². The summed E-state index contributed by atoms with van der Waals surface area (Å²) in [7, 11) is 0. The maximum atomic E-state index is 10.7. The molecule has 0 bridgehead atoms. The molecule has 0 aromatic heterocycles. The Morgan fingerprint density at radius 3 is 2.24 bits per heavy atom. The summed E-state index contributed by atoms with van der Waals surface area (Å²) in [6, 6.07) is 17.6. The van der Waals surface area contributed by atoms with Crippen LogP contribution >= 0.6 is 0 Å². The number of benzene rings is 2. The Balaban J connectivity index is 1.94. The quantitative estimate of drug-likeness (QED) is 0.647. The number of nitrogens with one attached hydrogen (secondary N) is 1. The van der Waals surface area contributed by atoms with E-state index in [4.69, 9.17) is 0 Å². The van der Waals surface area contributed by atoms with Crippen molar-refractivity contribution in [2.75, 3.05) is 0 Å². The molecule has 110 valence electrons. The van der Waals surface area contributed by atoms with Gasteiger partial charge in [0, 0.05) is 24.2 Å². The van der Waals surface area contributed by atoms with Crippen molar-refractivity contribution < 1.29 is 4.92 Å². The molecule has 0 fully saturated rings. The number of hydrogen-bond donors (Lipinski definition) is 1. The smallest absolute Gasteiger partial charge is 0.269 e. The van der Waals surface area contributed by atoms with Gasteiger partial charge in [-0.3, -0.25) is 10.1 Å². The first-order chi connectivity index (χ1) is 10.1. The summed E-state index contributed by atoms with van der Waals surface area (Å²) in [6.45, 7) is 4.22. The van der Waals surface area contributed by atoms with E-state index in [0.717, 1.165) is 12.0 Å². The van der Waals surface area contributed by atoms with Crippen LogP contribution in [0.15, 0.2) is 54.6 Å². The second-order valence-electron chi connectivity index (χ2n) is 5.33. The minimum Gasteiger partial charge on any atom is -0.307 e. The highest BCUT2D eigenvalue weighted by atomic mass is 16.6. The van der Waals surface area contributed by atoms with Crippen LogP contribution in [0, 0.1) is 10.1 Å². The maximum absolute atomic E-state index is 10.7. The van der Waals surface area contributed by atoms with Gasteiger partial charge in [-0.1, -0.05) is 42.5 Å². The summed E-state index contributed by atoms with van der Waals surface area (Å²) >= 11 is 0. The Hall–Kier alpha value is -2.20. The fraction of sp³-hybridized carbons (Fsp3) is 0.294. The van der Waals surface area contributed by atoms with Gasteiger partial charge in [0.25, 0.3) is 5.69 Å². The van der Waals surface area contributed by atoms with Crippen molar-refractivity contribution in [3.63, 3.8) is 0 Å². The predicted molar refractivity (Wildman–Crippen MR) is 84.3 cm³/mol. The first kappa shape index (κ1) is 15.2. The number of nitro benzene ring substituents is 1. The summed E-state index contributed by atoms with van der Waals surface area (Å²) in [5, 5.41) is 14.2. The molecule has 2 aromatic carbocycles. The lowest BCUT2D eigenvalue weighted by Crippen LogP contribution is -2.30. The van der Waals surface area contributed by atoms with Gasteiger partial charge in [0.15, 0.2) is 0 Å². The molecule has 0 amide bonds. The molecular weight excluding hydrogens is 264 g/mol. The largest absolute Gasteiger partial charge is 0.307 e. The van der Waals surface area contributed by atoms with Crippen molar-refractivity contribution in [1.82, 2.24) is 5.32 Å².